The molecule has 0 unspecified atom stereocenters. The number of likely N-dealkylation sites (tertiary alicyclic amines) is 1. The van der Waals surface area contributed by atoms with Crippen molar-refractivity contribution >= 4 is 0 Å². The van der Waals surface area contributed by atoms with Crippen molar-refractivity contribution in [2.45, 2.75) is 12.5 Å². The number of rotatable bonds is 0. The van der Waals surface area contributed by atoms with E-state index in [1.165, 1.54) is 13.0 Å². The summed E-state index contributed by atoms with van der Waals surface area (Å²) >= 11 is 0. The van der Waals surface area contributed by atoms with Crippen molar-refractivity contribution in [3.8, 4) is 0 Å². The third-order valence-electron chi connectivity index (χ3n) is 2.58. The van der Waals surface area contributed by atoms with Crippen molar-refractivity contribution in [2.24, 2.45) is 5.92 Å². The van der Waals surface area contributed by atoms with Crippen LogP contribution < -0.4 is 0 Å². The minimum atomic E-state index is 0.755. The zero-order valence-corrected chi connectivity index (χ0v) is 5.84. The molecule has 0 aromatic heterocycles. The predicted molar refractivity (Wildman–Crippen MR) is 35.3 cm³/mol. The maximum absolute atomic E-state index is 5.34. The molecule has 0 radical (unpaired) electrons. The maximum atomic E-state index is 5.34. The van der Waals surface area contributed by atoms with E-state index >= 15 is 0 Å². The molecule has 0 aromatic carbocycles. The third kappa shape index (κ3) is 0.775. The molecule has 2 nitrogen and oxygen atoms in total. The molecule has 0 N–H and O–H groups in total. The summed E-state index contributed by atoms with van der Waals surface area (Å²) in [4.78, 5) is 2.41. The molecule has 2 aliphatic rings. The van der Waals surface area contributed by atoms with Gasteiger partial charge in [0.2, 0.25) is 0 Å². The van der Waals surface area contributed by atoms with Crippen molar-refractivity contribution in [1.29, 1.82) is 0 Å². The van der Waals surface area contributed by atoms with Crippen molar-refractivity contribution in [3.05, 3.63) is 0 Å². The second-order valence-corrected chi connectivity index (χ2v) is 3.13. The fraction of sp³-hybridized carbons (Fsp3) is 1.00. The zero-order valence-electron chi connectivity index (χ0n) is 5.84. The highest BCUT2D eigenvalue weighted by molar-refractivity contribution is 4.88. The molecular formula is C7H13NO. The molecule has 2 fully saturated rings. The number of hydrogen-bond acceptors (Lipinski definition) is 2. The maximum Gasteiger partial charge on any atom is 0.0625 e. The van der Waals surface area contributed by atoms with Gasteiger partial charge in [-0.25, -0.2) is 0 Å². The predicted octanol–water partition coefficient (Wildman–Crippen LogP) is 0.337. The lowest BCUT2D eigenvalue weighted by molar-refractivity contribution is 0.156. The van der Waals surface area contributed by atoms with Crippen molar-refractivity contribution in [2.75, 3.05) is 26.8 Å². The van der Waals surface area contributed by atoms with Crippen LogP contribution in [0.2, 0.25) is 0 Å². The van der Waals surface area contributed by atoms with Gasteiger partial charge in [0.05, 0.1) is 13.2 Å². The zero-order chi connectivity index (χ0) is 6.27. The first-order chi connectivity index (χ1) is 4.38. The van der Waals surface area contributed by atoms with Crippen LogP contribution in [0.25, 0.3) is 0 Å². The number of likely N-dealkylation sites (N-methyl/N-ethyl adjacent to an activating group) is 1. The lowest BCUT2D eigenvalue weighted by Crippen LogP contribution is -2.28. The third-order valence-corrected chi connectivity index (χ3v) is 2.58. The van der Waals surface area contributed by atoms with Gasteiger partial charge < -0.3 is 9.64 Å². The Hall–Kier alpha value is -0.0800. The van der Waals surface area contributed by atoms with E-state index in [4.69, 9.17) is 4.74 Å². The second kappa shape index (κ2) is 1.96. The van der Waals surface area contributed by atoms with Crippen LogP contribution in [0.4, 0.5) is 0 Å². The highest BCUT2D eigenvalue weighted by atomic mass is 16.5. The lowest BCUT2D eigenvalue weighted by atomic mass is 10.1. The van der Waals surface area contributed by atoms with E-state index in [0.717, 1.165) is 25.2 Å². The summed E-state index contributed by atoms with van der Waals surface area (Å²) in [5.41, 5.74) is 0. The molecule has 2 heterocycles. The number of fused-ring (bicyclic) bond motifs is 1. The highest BCUT2D eigenvalue weighted by Crippen LogP contribution is 2.27. The van der Waals surface area contributed by atoms with E-state index in [2.05, 4.69) is 11.9 Å². The number of nitrogens with zero attached hydrogens (tertiary/aromatic N) is 1. The van der Waals surface area contributed by atoms with Crippen LogP contribution in [-0.2, 0) is 4.74 Å². The Morgan fingerprint density at radius 2 is 2.33 bits per heavy atom. The minimum absolute atomic E-state index is 0.755. The standard InChI is InChI=1S/C7H13NO/c1-8-3-2-6-4-9-5-7(6)8/h6-7H,2-5H2,1H3/t6-,7+/m0/s1. The van der Waals surface area contributed by atoms with E-state index in [9.17, 15) is 0 Å². The van der Waals surface area contributed by atoms with Gasteiger partial charge in [0.25, 0.3) is 0 Å². The monoisotopic (exact) mass is 127 g/mol. The van der Waals surface area contributed by atoms with Crippen LogP contribution in [0.15, 0.2) is 0 Å². The lowest BCUT2D eigenvalue weighted by Gasteiger charge is -2.15. The quantitative estimate of drug-likeness (QED) is 0.465. The Bertz CT molecular complexity index is 115. The van der Waals surface area contributed by atoms with E-state index in [-0.39, 0.29) is 0 Å². The summed E-state index contributed by atoms with van der Waals surface area (Å²) in [5.74, 6) is 0.856. The van der Waals surface area contributed by atoms with Gasteiger partial charge in [-0.2, -0.15) is 0 Å². The summed E-state index contributed by atoms with van der Waals surface area (Å²) in [7, 11) is 2.19. The molecule has 2 atom stereocenters. The van der Waals surface area contributed by atoms with Crippen molar-refractivity contribution in [1.82, 2.24) is 4.90 Å². The molecule has 0 aliphatic carbocycles. The molecule has 0 saturated carbocycles. The van der Waals surface area contributed by atoms with Gasteiger partial charge in [-0.1, -0.05) is 0 Å². The Balaban J connectivity index is 2.07. The van der Waals surface area contributed by atoms with Crippen LogP contribution in [-0.4, -0.2) is 37.7 Å². The van der Waals surface area contributed by atoms with Gasteiger partial charge in [-0.3, -0.25) is 0 Å². The summed E-state index contributed by atoms with van der Waals surface area (Å²) in [6, 6.07) is 0.755. The van der Waals surface area contributed by atoms with E-state index in [1.54, 1.807) is 0 Å². The van der Waals surface area contributed by atoms with Crippen LogP contribution in [0.3, 0.4) is 0 Å². The average molecular weight is 127 g/mol. The van der Waals surface area contributed by atoms with Crippen LogP contribution >= 0.6 is 0 Å². The first kappa shape index (κ1) is 5.69. The molecule has 0 amide bonds. The summed E-state index contributed by atoms with van der Waals surface area (Å²) < 4.78 is 5.34. The Kier molecular flexibility index (Phi) is 1.24. The molecule has 52 valence electrons. The largest absolute Gasteiger partial charge is 0.379 e. The fourth-order valence-corrected chi connectivity index (χ4v) is 1.89. The first-order valence-corrected chi connectivity index (χ1v) is 3.66. The molecule has 2 aliphatic heterocycles. The molecule has 0 bridgehead atoms. The minimum Gasteiger partial charge on any atom is -0.379 e. The second-order valence-electron chi connectivity index (χ2n) is 3.13. The molecule has 0 aromatic rings. The first-order valence-electron chi connectivity index (χ1n) is 3.66. The molecular weight excluding hydrogens is 114 g/mol. The van der Waals surface area contributed by atoms with Gasteiger partial charge in [0.1, 0.15) is 0 Å². The average Bonchev–Trinajstić information content (AvgIpc) is 2.35. The molecule has 9 heavy (non-hydrogen) atoms. The summed E-state index contributed by atoms with van der Waals surface area (Å²) in [5, 5.41) is 0. The Morgan fingerprint density at radius 1 is 1.44 bits per heavy atom. The fourth-order valence-electron chi connectivity index (χ4n) is 1.89. The van der Waals surface area contributed by atoms with Crippen molar-refractivity contribution in [3.63, 3.8) is 0 Å². The SMILES string of the molecule is CN1CC[C@H]2COC[C@H]21. The van der Waals surface area contributed by atoms with Gasteiger partial charge in [0, 0.05) is 12.0 Å². The topological polar surface area (TPSA) is 12.5 Å². The van der Waals surface area contributed by atoms with Crippen LogP contribution in [0, 0.1) is 5.92 Å². The van der Waals surface area contributed by atoms with E-state index < -0.39 is 0 Å². The summed E-state index contributed by atoms with van der Waals surface area (Å²) in [6.45, 7) is 3.26. The van der Waals surface area contributed by atoms with Crippen molar-refractivity contribution < 1.29 is 4.74 Å². The Morgan fingerprint density at radius 3 is 3.11 bits per heavy atom. The number of ether oxygens (including phenoxy) is 1. The molecule has 2 heteroatoms. The van der Waals surface area contributed by atoms with Crippen LogP contribution in [0.1, 0.15) is 6.42 Å². The van der Waals surface area contributed by atoms with Gasteiger partial charge in [0.15, 0.2) is 0 Å². The molecule has 2 rings (SSSR count). The van der Waals surface area contributed by atoms with Gasteiger partial charge >= 0.3 is 0 Å². The molecule has 2 saturated heterocycles. The summed E-state index contributed by atoms with van der Waals surface area (Å²) in [6.07, 6.45) is 1.35. The van der Waals surface area contributed by atoms with Gasteiger partial charge in [-0.05, 0) is 20.0 Å². The van der Waals surface area contributed by atoms with E-state index in [1.807, 2.05) is 0 Å². The Labute approximate surface area is 55.8 Å². The molecule has 0 spiro atoms. The van der Waals surface area contributed by atoms with E-state index in [0.29, 0.717) is 0 Å². The van der Waals surface area contributed by atoms with Gasteiger partial charge in [-0.15, -0.1) is 0 Å². The number of hydrogen-bond donors (Lipinski definition) is 0. The smallest absolute Gasteiger partial charge is 0.0625 e. The normalized spacial score (nSPS) is 43.7. The highest BCUT2D eigenvalue weighted by Gasteiger charge is 2.35. The van der Waals surface area contributed by atoms with Crippen LogP contribution in [0.5, 0.6) is 0 Å².